The number of amides is 2. The van der Waals surface area contributed by atoms with Gasteiger partial charge in [0, 0.05) is 5.41 Å². The van der Waals surface area contributed by atoms with Gasteiger partial charge in [0.2, 0.25) is 11.8 Å². The van der Waals surface area contributed by atoms with Crippen molar-refractivity contribution in [2.45, 2.75) is 66.2 Å². The Kier molecular flexibility index (Phi) is 4.78. The first-order valence-electron chi connectivity index (χ1n) is 12.4. The van der Waals surface area contributed by atoms with E-state index in [1.165, 1.54) is 10.5 Å². The molecule has 1 aliphatic heterocycles. The van der Waals surface area contributed by atoms with E-state index in [2.05, 4.69) is 26.8 Å². The number of β-amino-alcohol motifs (C(OH)–C–C–N with tert-alkyl or cyclic N) is 1. The Morgan fingerprint density at radius 2 is 1.88 bits per heavy atom. The summed E-state index contributed by atoms with van der Waals surface area (Å²) in [5.74, 6) is -0.918. The number of hydrogen-bond acceptors (Lipinski definition) is 4. The number of nitrogens with zero attached hydrogens (tertiary/aromatic N) is 1. The van der Waals surface area contributed by atoms with Crippen LogP contribution in [0.2, 0.25) is 0 Å². The number of aliphatic carboxylic acids is 1. The van der Waals surface area contributed by atoms with Crippen molar-refractivity contribution in [3.05, 3.63) is 11.6 Å². The van der Waals surface area contributed by atoms with Gasteiger partial charge in [-0.1, -0.05) is 38.8 Å². The molecule has 6 aliphatic rings. The lowest BCUT2D eigenvalue weighted by atomic mass is 9.34. The molecule has 5 aliphatic carbocycles. The monoisotopic (exact) mass is 443 g/mol. The van der Waals surface area contributed by atoms with Gasteiger partial charge in [-0.3, -0.25) is 19.3 Å². The van der Waals surface area contributed by atoms with Crippen molar-refractivity contribution in [1.29, 1.82) is 0 Å². The molecule has 0 aromatic rings. The highest BCUT2D eigenvalue weighted by molar-refractivity contribution is 6.06. The van der Waals surface area contributed by atoms with Crippen LogP contribution in [0.3, 0.4) is 0 Å². The van der Waals surface area contributed by atoms with Crippen molar-refractivity contribution >= 4 is 17.8 Å². The second-order valence-corrected chi connectivity index (χ2v) is 12.0. The van der Waals surface area contributed by atoms with E-state index in [0.717, 1.165) is 32.1 Å². The molecule has 0 aromatic heterocycles. The summed E-state index contributed by atoms with van der Waals surface area (Å²) in [4.78, 5) is 40.7. The predicted molar refractivity (Wildman–Crippen MR) is 118 cm³/mol. The van der Waals surface area contributed by atoms with E-state index < -0.39 is 11.4 Å². The fourth-order valence-corrected chi connectivity index (χ4v) is 9.34. The van der Waals surface area contributed by atoms with Gasteiger partial charge in [0.15, 0.2) is 0 Å². The Morgan fingerprint density at radius 1 is 1.16 bits per heavy atom. The number of carbonyl (C=O) groups is 3. The second-order valence-electron chi connectivity index (χ2n) is 12.0. The maximum atomic E-state index is 13.6. The number of aliphatic hydroxyl groups is 1. The summed E-state index contributed by atoms with van der Waals surface area (Å²) < 4.78 is 0. The number of allylic oxidation sites excluding steroid dienone is 2. The Bertz CT molecular complexity index is 910. The van der Waals surface area contributed by atoms with Gasteiger partial charge in [-0.25, -0.2) is 0 Å². The molecule has 1 spiro atoms. The van der Waals surface area contributed by atoms with Crippen molar-refractivity contribution in [3.63, 3.8) is 0 Å². The van der Waals surface area contributed by atoms with Crippen LogP contribution in [0.5, 0.6) is 0 Å². The summed E-state index contributed by atoms with van der Waals surface area (Å²) in [5, 5.41) is 19.7. The molecule has 6 heteroatoms. The zero-order valence-corrected chi connectivity index (χ0v) is 19.8. The van der Waals surface area contributed by atoms with Gasteiger partial charge in [0.25, 0.3) is 0 Å². The van der Waals surface area contributed by atoms with Gasteiger partial charge in [-0.2, -0.15) is 0 Å². The fraction of sp³-hybridized carbons (Fsp3) is 0.808. The van der Waals surface area contributed by atoms with Crippen LogP contribution >= 0.6 is 0 Å². The van der Waals surface area contributed by atoms with Crippen LogP contribution in [0.15, 0.2) is 11.6 Å². The standard InChI is InChI=1S/C26H37NO5/c1-14(2)16-13-26-9-6-17-24(3,7-5-8-25(17,4)23(31)32)18(26)12-15(16)19-20(26)22(30)27(10-11-28)21(19)29/h13-15,17-20,28H,5-12H2,1-4H3,(H,31,32)/t15-,17+,18+,19+,20+,24+,25-,26+/m1/s1. The van der Waals surface area contributed by atoms with Crippen LogP contribution in [0.4, 0.5) is 0 Å². The van der Waals surface area contributed by atoms with Gasteiger partial charge < -0.3 is 10.2 Å². The maximum absolute atomic E-state index is 13.6. The zero-order valence-electron chi connectivity index (χ0n) is 19.8. The molecule has 2 N–H and O–H groups in total. The third-order valence-corrected chi connectivity index (χ3v) is 10.6. The molecule has 0 unspecified atom stereocenters. The SMILES string of the molecule is CC(C)C1=C[C@@]23CC[C@H]4[C@](C)(CCC[C@@]4(C)C(=O)O)[C@@H]2C[C@H]1[C@@H]1C(=O)N(CCO)C(=O)[C@H]13. The average molecular weight is 444 g/mol. The summed E-state index contributed by atoms with van der Waals surface area (Å²) >= 11 is 0. The lowest BCUT2D eigenvalue weighted by Crippen LogP contribution is -2.65. The molecule has 2 amide bonds. The van der Waals surface area contributed by atoms with Crippen molar-refractivity contribution in [2.24, 2.45) is 51.8 Å². The fourth-order valence-electron chi connectivity index (χ4n) is 9.34. The number of hydrogen-bond donors (Lipinski definition) is 2. The molecule has 2 bridgehead atoms. The quantitative estimate of drug-likeness (QED) is 0.512. The number of rotatable bonds is 4. The molecular weight excluding hydrogens is 406 g/mol. The van der Waals surface area contributed by atoms with Gasteiger partial charge in [0.1, 0.15) is 0 Å². The molecule has 6 rings (SSSR count). The molecule has 1 heterocycles. The predicted octanol–water partition coefficient (Wildman–Crippen LogP) is 3.49. The van der Waals surface area contributed by atoms with E-state index in [1.807, 2.05) is 6.92 Å². The molecule has 0 radical (unpaired) electrons. The van der Waals surface area contributed by atoms with Gasteiger partial charge in [-0.15, -0.1) is 0 Å². The van der Waals surface area contributed by atoms with Crippen molar-refractivity contribution in [3.8, 4) is 0 Å². The highest BCUT2D eigenvalue weighted by Gasteiger charge is 2.73. The smallest absolute Gasteiger partial charge is 0.309 e. The summed E-state index contributed by atoms with van der Waals surface area (Å²) in [7, 11) is 0. The number of aliphatic hydroxyl groups excluding tert-OH is 1. The van der Waals surface area contributed by atoms with E-state index in [-0.39, 0.29) is 65.4 Å². The molecule has 32 heavy (non-hydrogen) atoms. The topological polar surface area (TPSA) is 94.9 Å². The summed E-state index contributed by atoms with van der Waals surface area (Å²) in [6.45, 7) is 8.44. The largest absolute Gasteiger partial charge is 0.481 e. The third-order valence-electron chi connectivity index (χ3n) is 10.6. The van der Waals surface area contributed by atoms with Crippen molar-refractivity contribution in [2.75, 3.05) is 13.2 Å². The average Bonchev–Trinajstić information content (AvgIpc) is 3.00. The number of likely N-dealkylation sites (tertiary alicyclic amines) is 1. The lowest BCUT2D eigenvalue weighted by Gasteiger charge is -2.68. The van der Waals surface area contributed by atoms with Gasteiger partial charge in [-0.05, 0) is 68.1 Å². The maximum Gasteiger partial charge on any atom is 0.309 e. The molecule has 4 fully saturated rings. The van der Waals surface area contributed by atoms with Crippen LogP contribution in [0, 0.1) is 51.8 Å². The minimum absolute atomic E-state index is 0.0422. The van der Waals surface area contributed by atoms with Gasteiger partial charge >= 0.3 is 5.97 Å². The van der Waals surface area contributed by atoms with E-state index in [0.29, 0.717) is 12.3 Å². The number of carbonyl (C=O) groups excluding carboxylic acids is 2. The molecule has 0 aromatic carbocycles. The Morgan fingerprint density at radius 3 is 2.50 bits per heavy atom. The molecule has 176 valence electrons. The first-order valence-corrected chi connectivity index (χ1v) is 12.4. The number of fused-ring (bicyclic) bond motifs is 1. The zero-order chi connectivity index (χ0) is 23.2. The molecule has 1 saturated heterocycles. The molecule has 6 nitrogen and oxygen atoms in total. The molecule has 3 saturated carbocycles. The first kappa shape index (κ1) is 22.1. The van der Waals surface area contributed by atoms with Crippen LogP contribution in [0.25, 0.3) is 0 Å². The van der Waals surface area contributed by atoms with Crippen LogP contribution in [-0.4, -0.2) is 46.0 Å². The second kappa shape index (κ2) is 6.91. The van der Waals surface area contributed by atoms with Crippen LogP contribution in [0.1, 0.15) is 66.2 Å². The van der Waals surface area contributed by atoms with Gasteiger partial charge in [0.05, 0.1) is 30.4 Å². The number of imide groups is 1. The van der Waals surface area contributed by atoms with E-state index >= 15 is 0 Å². The normalized spacial score (nSPS) is 47.2. The Labute approximate surface area is 190 Å². The number of carboxylic acids is 1. The first-order chi connectivity index (χ1) is 15.0. The summed E-state index contributed by atoms with van der Waals surface area (Å²) in [5.41, 5.74) is 0.0547. The Hall–Kier alpha value is -1.69. The van der Waals surface area contributed by atoms with E-state index in [9.17, 15) is 24.6 Å². The van der Waals surface area contributed by atoms with E-state index in [1.54, 1.807) is 0 Å². The van der Waals surface area contributed by atoms with Crippen molar-refractivity contribution in [1.82, 2.24) is 4.90 Å². The minimum Gasteiger partial charge on any atom is -0.481 e. The third kappa shape index (κ3) is 2.48. The van der Waals surface area contributed by atoms with Crippen molar-refractivity contribution < 1.29 is 24.6 Å². The Balaban J connectivity index is 1.65. The lowest BCUT2D eigenvalue weighted by molar-refractivity contribution is -0.194. The number of carboxylic acid groups (broad SMARTS) is 1. The molecular formula is C26H37NO5. The van der Waals surface area contributed by atoms with Crippen LogP contribution < -0.4 is 0 Å². The van der Waals surface area contributed by atoms with E-state index in [4.69, 9.17) is 0 Å². The highest BCUT2D eigenvalue weighted by Crippen LogP contribution is 2.74. The minimum atomic E-state index is -0.728. The molecule has 8 atom stereocenters. The highest BCUT2D eigenvalue weighted by atomic mass is 16.4. The summed E-state index contributed by atoms with van der Waals surface area (Å²) in [6.07, 6.45) is 7.42. The van der Waals surface area contributed by atoms with Crippen LogP contribution in [-0.2, 0) is 14.4 Å². The summed E-state index contributed by atoms with van der Waals surface area (Å²) in [6, 6.07) is 0.